The van der Waals surface area contributed by atoms with E-state index in [-0.39, 0.29) is 11.5 Å². The fraction of sp³-hybridized carbons (Fsp3) is 0.500. The van der Waals surface area contributed by atoms with Crippen LogP contribution in [0.5, 0.6) is 0 Å². The van der Waals surface area contributed by atoms with Crippen molar-refractivity contribution in [1.82, 2.24) is 10.3 Å². The Morgan fingerprint density at radius 2 is 2.24 bits per heavy atom. The first-order chi connectivity index (χ1) is 8.04. The molecular weight excluding hydrogens is 221 g/mol. The number of hydrogen-bond donors (Lipinski definition) is 2. The standard InChI is InChI=1S/C12H18FN3O/c1-8(2)4-5-15-12(17)10-6-9(13)7-16-11(10)14-3/h6-8H,4-5H2,1-3H3,(H,14,16)(H,15,17). The van der Waals surface area contributed by atoms with Crippen molar-refractivity contribution >= 4 is 11.7 Å². The molecule has 0 bridgehead atoms. The summed E-state index contributed by atoms with van der Waals surface area (Å²) in [5, 5.41) is 5.51. The average Bonchev–Trinajstić information content (AvgIpc) is 2.28. The van der Waals surface area contributed by atoms with E-state index in [2.05, 4.69) is 29.5 Å². The van der Waals surface area contributed by atoms with Crippen LogP contribution in [0.2, 0.25) is 0 Å². The van der Waals surface area contributed by atoms with Crippen molar-refractivity contribution < 1.29 is 9.18 Å². The molecule has 94 valence electrons. The van der Waals surface area contributed by atoms with Crippen LogP contribution in [-0.2, 0) is 0 Å². The summed E-state index contributed by atoms with van der Waals surface area (Å²) >= 11 is 0. The second-order valence-electron chi connectivity index (χ2n) is 4.24. The molecule has 4 nitrogen and oxygen atoms in total. The number of amides is 1. The Kier molecular flexibility index (Phi) is 4.87. The molecule has 1 heterocycles. The summed E-state index contributed by atoms with van der Waals surface area (Å²) in [6.45, 7) is 4.74. The molecule has 0 aliphatic rings. The lowest BCUT2D eigenvalue weighted by atomic mass is 10.1. The molecule has 17 heavy (non-hydrogen) atoms. The SMILES string of the molecule is CNc1ncc(F)cc1C(=O)NCCC(C)C. The summed E-state index contributed by atoms with van der Waals surface area (Å²) in [5.74, 6) is 0.0816. The van der Waals surface area contributed by atoms with Gasteiger partial charge >= 0.3 is 0 Å². The van der Waals surface area contributed by atoms with E-state index in [1.807, 2.05) is 0 Å². The van der Waals surface area contributed by atoms with Gasteiger partial charge in [-0.05, 0) is 18.4 Å². The number of pyridine rings is 1. The lowest BCUT2D eigenvalue weighted by molar-refractivity contribution is 0.0952. The third kappa shape index (κ3) is 4.01. The van der Waals surface area contributed by atoms with E-state index >= 15 is 0 Å². The van der Waals surface area contributed by atoms with Crippen molar-refractivity contribution in [3.05, 3.63) is 23.6 Å². The van der Waals surface area contributed by atoms with Crippen molar-refractivity contribution in [3.63, 3.8) is 0 Å². The van der Waals surface area contributed by atoms with Crippen LogP contribution in [0.1, 0.15) is 30.6 Å². The van der Waals surface area contributed by atoms with Gasteiger partial charge in [-0.3, -0.25) is 4.79 Å². The highest BCUT2D eigenvalue weighted by molar-refractivity contribution is 5.98. The number of carbonyl (C=O) groups excluding carboxylic acids is 1. The van der Waals surface area contributed by atoms with E-state index in [0.717, 1.165) is 12.6 Å². The topological polar surface area (TPSA) is 54.0 Å². The van der Waals surface area contributed by atoms with Crippen LogP contribution in [0.4, 0.5) is 10.2 Å². The van der Waals surface area contributed by atoms with Crippen LogP contribution in [0.25, 0.3) is 0 Å². The molecule has 0 aliphatic carbocycles. The van der Waals surface area contributed by atoms with Gasteiger partial charge in [-0.2, -0.15) is 0 Å². The second-order valence-corrected chi connectivity index (χ2v) is 4.24. The van der Waals surface area contributed by atoms with Gasteiger partial charge < -0.3 is 10.6 Å². The molecule has 1 aromatic rings. The highest BCUT2D eigenvalue weighted by Crippen LogP contribution is 2.12. The fourth-order valence-electron chi connectivity index (χ4n) is 1.38. The molecule has 0 unspecified atom stereocenters. The highest BCUT2D eigenvalue weighted by Gasteiger charge is 2.12. The predicted molar refractivity (Wildman–Crippen MR) is 65.5 cm³/mol. The smallest absolute Gasteiger partial charge is 0.255 e. The summed E-state index contributed by atoms with van der Waals surface area (Å²) < 4.78 is 13.0. The normalized spacial score (nSPS) is 10.4. The van der Waals surface area contributed by atoms with Gasteiger partial charge in [0.1, 0.15) is 11.6 Å². The molecule has 0 fully saturated rings. The Hall–Kier alpha value is -1.65. The number of nitrogens with zero attached hydrogens (tertiary/aromatic N) is 1. The Balaban J connectivity index is 2.70. The van der Waals surface area contributed by atoms with Crippen molar-refractivity contribution in [2.45, 2.75) is 20.3 Å². The quantitative estimate of drug-likeness (QED) is 0.826. The average molecular weight is 239 g/mol. The van der Waals surface area contributed by atoms with Crippen LogP contribution >= 0.6 is 0 Å². The Labute approximate surface area is 101 Å². The van der Waals surface area contributed by atoms with E-state index in [4.69, 9.17) is 0 Å². The Bertz CT molecular complexity index is 393. The van der Waals surface area contributed by atoms with Crippen molar-refractivity contribution in [1.29, 1.82) is 0 Å². The summed E-state index contributed by atoms with van der Waals surface area (Å²) in [5.41, 5.74) is 0.233. The zero-order valence-electron chi connectivity index (χ0n) is 10.4. The van der Waals surface area contributed by atoms with Gasteiger partial charge in [-0.25, -0.2) is 9.37 Å². The molecule has 0 radical (unpaired) electrons. The second kappa shape index (κ2) is 6.18. The van der Waals surface area contributed by atoms with Gasteiger partial charge in [0.15, 0.2) is 0 Å². The zero-order valence-corrected chi connectivity index (χ0v) is 10.4. The van der Waals surface area contributed by atoms with Gasteiger partial charge in [-0.15, -0.1) is 0 Å². The molecule has 2 N–H and O–H groups in total. The maximum absolute atomic E-state index is 13.0. The number of anilines is 1. The summed E-state index contributed by atoms with van der Waals surface area (Å²) in [6.07, 6.45) is 1.97. The first-order valence-electron chi connectivity index (χ1n) is 5.66. The van der Waals surface area contributed by atoms with Gasteiger partial charge in [0.2, 0.25) is 0 Å². The molecule has 1 aromatic heterocycles. The molecule has 0 atom stereocenters. The number of carbonyl (C=O) groups is 1. The van der Waals surface area contributed by atoms with Crippen LogP contribution in [-0.4, -0.2) is 24.5 Å². The van der Waals surface area contributed by atoms with Crippen LogP contribution in [0, 0.1) is 11.7 Å². The number of aromatic nitrogens is 1. The van der Waals surface area contributed by atoms with Gasteiger partial charge in [0.05, 0.1) is 11.8 Å². The van der Waals surface area contributed by atoms with Crippen molar-refractivity contribution in [2.75, 3.05) is 18.9 Å². The lowest BCUT2D eigenvalue weighted by Gasteiger charge is -2.10. The molecule has 1 rings (SSSR count). The molecule has 0 spiro atoms. The third-order valence-electron chi connectivity index (χ3n) is 2.34. The molecule has 0 saturated carbocycles. The van der Waals surface area contributed by atoms with Crippen molar-refractivity contribution in [2.24, 2.45) is 5.92 Å². The van der Waals surface area contributed by atoms with E-state index in [1.165, 1.54) is 6.07 Å². The minimum atomic E-state index is -0.516. The molecule has 1 amide bonds. The maximum atomic E-state index is 13.0. The third-order valence-corrected chi connectivity index (χ3v) is 2.34. The van der Waals surface area contributed by atoms with Crippen LogP contribution in [0.15, 0.2) is 12.3 Å². The molecule has 0 aliphatic heterocycles. The van der Waals surface area contributed by atoms with E-state index < -0.39 is 5.82 Å². The first kappa shape index (κ1) is 13.4. The number of rotatable bonds is 5. The minimum Gasteiger partial charge on any atom is -0.372 e. The number of halogens is 1. The monoisotopic (exact) mass is 239 g/mol. The Morgan fingerprint density at radius 3 is 2.82 bits per heavy atom. The highest BCUT2D eigenvalue weighted by atomic mass is 19.1. The summed E-state index contributed by atoms with van der Waals surface area (Å²) in [4.78, 5) is 15.6. The van der Waals surface area contributed by atoms with Gasteiger partial charge in [-0.1, -0.05) is 13.8 Å². The molecule has 0 aromatic carbocycles. The van der Waals surface area contributed by atoms with E-state index in [1.54, 1.807) is 7.05 Å². The zero-order chi connectivity index (χ0) is 12.8. The largest absolute Gasteiger partial charge is 0.372 e. The lowest BCUT2D eigenvalue weighted by Crippen LogP contribution is -2.26. The first-order valence-corrected chi connectivity index (χ1v) is 5.66. The summed E-state index contributed by atoms with van der Waals surface area (Å²) in [7, 11) is 1.64. The van der Waals surface area contributed by atoms with E-state index in [0.29, 0.717) is 18.3 Å². The van der Waals surface area contributed by atoms with Gasteiger partial charge in [0.25, 0.3) is 5.91 Å². The minimum absolute atomic E-state index is 0.233. The molecule has 0 saturated heterocycles. The number of nitrogens with one attached hydrogen (secondary N) is 2. The summed E-state index contributed by atoms with van der Waals surface area (Å²) in [6, 6.07) is 1.18. The maximum Gasteiger partial charge on any atom is 0.255 e. The fourth-order valence-corrected chi connectivity index (χ4v) is 1.38. The van der Waals surface area contributed by atoms with Gasteiger partial charge in [0, 0.05) is 13.6 Å². The van der Waals surface area contributed by atoms with Crippen molar-refractivity contribution in [3.8, 4) is 0 Å². The number of hydrogen-bond acceptors (Lipinski definition) is 3. The molecular formula is C12H18FN3O. The van der Waals surface area contributed by atoms with Crippen LogP contribution < -0.4 is 10.6 Å². The molecule has 5 heteroatoms. The Morgan fingerprint density at radius 1 is 1.53 bits per heavy atom. The predicted octanol–water partition coefficient (Wildman–Crippen LogP) is 2.04. The van der Waals surface area contributed by atoms with E-state index in [9.17, 15) is 9.18 Å². The van der Waals surface area contributed by atoms with Crippen LogP contribution in [0.3, 0.4) is 0 Å².